The topological polar surface area (TPSA) is 17.1 Å². The summed E-state index contributed by atoms with van der Waals surface area (Å²) in [6.07, 6.45) is 2.12. The molecule has 0 amide bonds. The van der Waals surface area contributed by atoms with Gasteiger partial charge in [0.25, 0.3) is 0 Å². The van der Waals surface area contributed by atoms with E-state index in [9.17, 15) is 4.21 Å². The zero-order chi connectivity index (χ0) is 11.1. The van der Waals surface area contributed by atoms with E-state index in [4.69, 9.17) is 0 Å². The van der Waals surface area contributed by atoms with Crippen LogP contribution in [0.15, 0.2) is 51.9 Å². The molecule has 0 fully saturated rings. The minimum atomic E-state index is -1.06. The van der Waals surface area contributed by atoms with Crippen molar-refractivity contribution in [3.63, 3.8) is 0 Å². The van der Waals surface area contributed by atoms with E-state index in [1.54, 1.807) is 5.41 Å². The molecule has 0 heterocycles. The maximum absolute atomic E-state index is 11.7. The van der Waals surface area contributed by atoms with Gasteiger partial charge in [-0.15, -0.1) is 5.73 Å². The lowest BCUT2D eigenvalue weighted by atomic mass is 10.2. The van der Waals surface area contributed by atoms with E-state index >= 15 is 0 Å². The van der Waals surface area contributed by atoms with Crippen molar-refractivity contribution in [2.24, 2.45) is 0 Å². The fraction of sp³-hybridized carbons (Fsp3) is 0.308. The molecule has 0 spiro atoms. The average Bonchev–Trinajstić information content (AvgIpc) is 2.27. The monoisotopic (exact) mass is 220 g/mol. The van der Waals surface area contributed by atoms with E-state index in [0.717, 1.165) is 23.3 Å². The fourth-order valence-electron chi connectivity index (χ4n) is 1.22. The number of hydrogen-bond donors (Lipinski definition) is 0. The highest BCUT2D eigenvalue weighted by Gasteiger charge is 1.96. The summed E-state index contributed by atoms with van der Waals surface area (Å²) >= 11 is 0. The SMILES string of the molecule is CCCC(C)=C=CS(=O)c1ccccc1. The van der Waals surface area contributed by atoms with Crippen molar-refractivity contribution in [1.82, 2.24) is 0 Å². The second kappa shape index (κ2) is 6.39. The highest BCUT2D eigenvalue weighted by Crippen LogP contribution is 2.07. The normalized spacial score (nSPS) is 11.6. The Kier molecular flexibility index (Phi) is 5.09. The van der Waals surface area contributed by atoms with Gasteiger partial charge in [0.05, 0.1) is 10.8 Å². The summed E-state index contributed by atoms with van der Waals surface area (Å²) in [5.41, 5.74) is 4.23. The Hall–Kier alpha value is -1.11. The molecule has 1 aromatic carbocycles. The third-order valence-corrected chi connectivity index (χ3v) is 3.08. The van der Waals surface area contributed by atoms with Crippen LogP contribution in [-0.4, -0.2) is 4.21 Å². The maximum Gasteiger partial charge on any atom is 0.0854 e. The summed E-state index contributed by atoms with van der Waals surface area (Å²) in [5.74, 6) is 0. The van der Waals surface area contributed by atoms with Crippen LogP contribution in [0.2, 0.25) is 0 Å². The summed E-state index contributed by atoms with van der Waals surface area (Å²) in [4.78, 5) is 0.828. The third-order valence-electron chi connectivity index (χ3n) is 2.01. The van der Waals surface area contributed by atoms with E-state index < -0.39 is 10.8 Å². The summed E-state index contributed by atoms with van der Waals surface area (Å²) in [6.45, 7) is 4.14. The van der Waals surface area contributed by atoms with E-state index in [-0.39, 0.29) is 0 Å². The first-order valence-electron chi connectivity index (χ1n) is 5.12. The van der Waals surface area contributed by atoms with Crippen LogP contribution in [-0.2, 0) is 10.8 Å². The van der Waals surface area contributed by atoms with Crippen LogP contribution < -0.4 is 0 Å². The number of hydrogen-bond acceptors (Lipinski definition) is 1. The van der Waals surface area contributed by atoms with Gasteiger partial charge < -0.3 is 0 Å². The van der Waals surface area contributed by atoms with Crippen molar-refractivity contribution in [2.45, 2.75) is 31.6 Å². The second-order valence-electron chi connectivity index (χ2n) is 3.40. The summed E-state index contributed by atoms with van der Waals surface area (Å²) < 4.78 is 11.7. The molecule has 0 bridgehead atoms. The van der Waals surface area contributed by atoms with Crippen LogP contribution in [0.1, 0.15) is 26.7 Å². The molecule has 1 atom stereocenters. The summed E-state index contributed by atoms with van der Waals surface area (Å²) in [6, 6.07) is 9.43. The van der Waals surface area contributed by atoms with Gasteiger partial charge in [0.2, 0.25) is 0 Å². The van der Waals surface area contributed by atoms with Gasteiger partial charge in [-0.1, -0.05) is 31.5 Å². The first-order chi connectivity index (χ1) is 7.24. The minimum absolute atomic E-state index is 0.828. The van der Waals surface area contributed by atoms with Crippen molar-refractivity contribution in [3.05, 3.63) is 47.0 Å². The van der Waals surface area contributed by atoms with E-state index in [1.807, 2.05) is 37.3 Å². The van der Waals surface area contributed by atoms with Crippen molar-refractivity contribution in [1.29, 1.82) is 0 Å². The van der Waals surface area contributed by atoms with Gasteiger partial charge in [-0.05, 0) is 31.1 Å². The Balaban J connectivity index is 2.76. The maximum atomic E-state index is 11.7. The van der Waals surface area contributed by atoms with Gasteiger partial charge in [-0.2, -0.15) is 0 Å². The highest BCUT2D eigenvalue weighted by atomic mass is 32.2. The van der Waals surface area contributed by atoms with Gasteiger partial charge in [-0.3, -0.25) is 0 Å². The Labute approximate surface area is 94.0 Å². The molecule has 1 nitrogen and oxygen atoms in total. The van der Waals surface area contributed by atoms with Gasteiger partial charge in [-0.25, -0.2) is 4.21 Å². The molecule has 15 heavy (non-hydrogen) atoms. The molecule has 1 unspecified atom stereocenters. The molecule has 0 aliphatic rings. The Morgan fingerprint density at radius 1 is 1.40 bits per heavy atom. The molecule has 0 aliphatic heterocycles. The second-order valence-corrected chi connectivity index (χ2v) is 4.70. The van der Waals surface area contributed by atoms with Crippen LogP contribution in [0.5, 0.6) is 0 Å². The molecule has 0 saturated carbocycles. The zero-order valence-corrected chi connectivity index (χ0v) is 10.0. The van der Waals surface area contributed by atoms with Crippen molar-refractivity contribution >= 4 is 10.8 Å². The summed E-state index contributed by atoms with van der Waals surface area (Å²) in [5, 5.41) is 1.64. The predicted molar refractivity (Wildman–Crippen MR) is 65.0 cm³/mol. The van der Waals surface area contributed by atoms with E-state index in [2.05, 4.69) is 12.7 Å². The highest BCUT2D eigenvalue weighted by molar-refractivity contribution is 7.88. The molecule has 1 rings (SSSR count). The number of rotatable bonds is 4. The Morgan fingerprint density at radius 2 is 2.07 bits per heavy atom. The van der Waals surface area contributed by atoms with Crippen LogP contribution in [0, 0.1) is 0 Å². The number of benzene rings is 1. The van der Waals surface area contributed by atoms with Crippen LogP contribution in [0.3, 0.4) is 0 Å². The summed E-state index contributed by atoms with van der Waals surface area (Å²) in [7, 11) is -1.06. The molecule has 0 N–H and O–H groups in total. The molecular formula is C13H16OS. The molecule has 0 aromatic heterocycles. The van der Waals surface area contributed by atoms with Gasteiger partial charge in [0.15, 0.2) is 0 Å². The van der Waals surface area contributed by atoms with Gasteiger partial charge in [0.1, 0.15) is 0 Å². The van der Waals surface area contributed by atoms with Crippen LogP contribution in [0.4, 0.5) is 0 Å². The molecule has 80 valence electrons. The molecule has 1 aromatic rings. The predicted octanol–water partition coefficient (Wildman–Crippen LogP) is 3.65. The Bertz CT molecular complexity index is 386. The first-order valence-corrected chi connectivity index (χ1v) is 6.33. The van der Waals surface area contributed by atoms with E-state index in [0.29, 0.717) is 0 Å². The van der Waals surface area contributed by atoms with Gasteiger partial charge in [0, 0.05) is 10.3 Å². The van der Waals surface area contributed by atoms with Crippen molar-refractivity contribution in [3.8, 4) is 0 Å². The average molecular weight is 220 g/mol. The van der Waals surface area contributed by atoms with Crippen molar-refractivity contribution in [2.75, 3.05) is 0 Å². The van der Waals surface area contributed by atoms with Crippen LogP contribution in [0.25, 0.3) is 0 Å². The standard InChI is InChI=1S/C13H16OS/c1-3-7-12(2)10-11-15(14)13-8-5-4-6-9-13/h4-6,8-9,11H,3,7H2,1-2H3. The molecule has 2 heteroatoms. The molecular weight excluding hydrogens is 204 g/mol. The zero-order valence-electron chi connectivity index (χ0n) is 9.19. The Morgan fingerprint density at radius 3 is 2.67 bits per heavy atom. The smallest absolute Gasteiger partial charge is 0.0854 e. The molecule has 0 saturated heterocycles. The quantitative estimate of drug-likeness (QED) is 0.708. The van der Waals surface area contributed by atoms with Crippen LogP contribution >= 0.6 is 0 Å². The third kappa shape index (κ3) is 4.28. The minimum Gasteiger partial charge on any atom is -0.249 e. The first kappa shape index (κ1) is 12.0. The van der Waals surface area contributed by atoms with Gasteiger partial charge >= 0.3 is 0 Å². The molecule has 0 aliphatic carbocycles. The lowest BCUT2D eigenvalue weighted by Gasteiger charge is -1.94. The number of allylic oxidation sites excluding steroid dienone is 1. The lowest BCUT2D eigenvalue weighted by Crippen LogP contribution is -1.84. The van der Waals surface area contributed by atoms with E-state index in [1.165, 1.54) is 0 Å². The van der Waals surface area contributed by atoms with Crippen molar-refractivity contribution < 1.29 is 4.21 Å². The fourth-order valence-corrected chi connectivity index (χ4v) is 2.09. The molecule has 0 radical (unpaired) electrons. The lowest BCUT2D eigenvalue weighted by molar-refractivity contribution is 0.688. The largest absolute Gasteiger partial charge is 0.249 e.